The molecule has 1 saturated carbocycles. The van der Waals surface area contributed by atoms with Gasteiger partial charge in [0.2, 0.25) is 23.6 Å². The molecule has 0 unspecified atom stereocenters. The average Bonchev–Trinajstić information content (AvgIpc) is 1.52. The molecule has 4 aromatic heterocycles. The van der Waals surface area contributed by atoms with Gasteiger partial charge in [-0.3, -0.25) is 19.2 Å². The van der Waals surface area contributed by atoms with Crippen molar-refractivity contribution in [3.8, 4) is 67.3 Å². The fourth-order valence-electron chi connectivity index (χ4n) is 17.5. The normalized spacial score (nSPS) is 16.7. The van der Waals surface area contributed by atoms with E-state index in [0.717, 1.165) is 154 Å². The minimum Gasteiger partial charge on any atom is -0.309 e. The van der Waals surface area contributed by atoms with Gasteiger partial charge in [0, 0.05) is 65.8 Å². The van der Waals surface area contributed by atoms with Crippen LogP contribution in [0.25, 0.3) is 154 Å². The topological polar surface area (TPSA) is 94.5 Å². The lowest BCUT2D eigenvalue weighted by Gasteiger charge is -2.36. The van der Waals surface area contributed by atoms with Crippen LogP contribution in [0, 0.1) is 23.7 Å². The molecule has 0 radical (unpaired) electrons. The number of hydrogen-bond donors (Lipinski definition) is 0. The van der Waals surface area contributed by atoms with Crippen molar-refractivity contribution in [1.82, 2.24) is 18.3 Å². The van der Waals surface area contributed by atoms with Gasteiger partial charge in [-0.15, -0.1) is 0 Å². The Morgan fingerprint density at radius 1 is 0.167 bits per heavy atom. The van der Waals surface area contributed by atoms with E-state index in [9.17, 15) is 0 Å². The number of para-hydroxylation sites is 8. The molecule has 3 fully saturated rings. The Balaban J connectivity index is 0.698. The van der Waals surface area contributed by atoms with E-state index in [2.05, 4.69) is 249 Å². The molecule has 3 aliphatic rings. The highest BCUT2D eigenvalue weighted by Crippen LogP contribution is 2.59. The molecule has 0 spiro atoms. The maximum absolute atomic E-state index is 15.8. The predicted octanol–water partition coefficient (Wildman–Crippen LogP) is 20.7. The van der Waals surface area contributed by atoms with Crippen molar-refractivity contribution in [3.63, 3.8) is 0 Å². The minimum absolute atomic E-state index is 0.373. The van der Waals surface area contributed by atoms with Crippen molar-refractivity contribution in [2.24, 2.45) is 23.7 Å². The van der Waals surface area contributed by atoms with E-state index in [1.807, 2.05) is 97.1 Å². The van der Waals surface area contributed by atoms with Crippen LogP contribution in [0.1, 0.15) is 0 Å². The van der Waals surface area contributed by atoms with Crippen LogP contribution in [-0.4, -0.2) is 41.9 Å². The summed E-state index contributed by atoms with van der Waals surface area (Å²) in [6.07, 6.45) is 0. The van der Waals surface area contributed by atoms with Gasteiger partial charge >= 0.3 is 0 Å². The van der Waals surface area contributed by atoms with Gasteiger partial charge in [0.15, 0.2) is 0 Å². The summed E-state index contributed by atoms with van der Waals surface area (Å²) in [5, 5.41) is 8.81. The van der Waals surface area contributed by atoms with E-state index in [4.69, 9.17) is 0 Å². The average molecular weight is 1310 g/mol. The Hall–Kier alpha value is -13.4. The van der Waals surface area contributed by atoms with Crippen molar-refractivity contribution in [2.75, 3.05) is 9.80 Å². The zero-order chi connectivity index (χ0) is 67.6. The molecule has 0 atom stereocenters. The molecule has 2 saturated heterocycles. The molecule has 10 nitrogen and oxygen atoms in total. The van der Waals surface area contributed by atoms with Crippen molar-refractivity contribution in [1.29, 1.82) is 0 Å². The first-order valence-electron chi connectivity index (χ1n) is 34.7. The molecule has 10 heteroatoms. The van der Waals surface area contributed by atoms with Gasteiger partial charge < -0.3 is 18.3 Å². The van der Waals surface area contributed by atoms with Crippen LogP contribution in [0.2, 0.25) is 0 Å². The number of imide groups is 2. The number of carbonyl (C=O) groups excluding carboxylic acids is 4. The van der Waals surface area contributed by atoms with Crippen LogP contribution in [0.4, 0.5) is 11.4 Å². The minimum atomic E-state index is -1.06. The first kappa shape index (κ1) is 57.6. The SMILES string of the molecule is O=C1C2C(C(=O)N1c1cc(-c3ccc4c5ccccc5n(-c5ccccc5)c4c3)cc(-c3ccc4c5ccccc5n(-c5ccccc5)c4c3)c1)C1C(=O)N(c3cc(-c4ccc5c6ccccc6n(-c6ccccc6)c5c4)cc(-c4ccc5c6ccccc6n(-c6ccccc6)c5c4)c3)C(=O)C21. The summed E-state index contributed by atoms with van der Waals surface area (Å²) in [5.41, 5.74) is 19.8. The van der Waals surface area contributed by atoms with Crippen molar-refractivity contribution < 1.29 is 19.2 Å². The van der Waals surface area contributed by atoms with Crippen LogP contribution < -0.4 is 9.80 Å². The Morgan fingerprint density at radius 3 is 0.608 bits per heavy atom. The second-order valence-corrected chi connectivity index (χ2v) is 27.3. The number of nitrogens with zero attached hydrogens (tertiary/aromatic N) is 6. The lowest BCUT2D eigenvalue weighted by Crippen LogP contribution is -2.50. The lowest BCUT2D eigenvalue weighted by atomic mass is 9.59. The van der Waals surface area contributed by atoms with Crippen molar-refractivity contribution in [2.45, 2.75) is 0 Å². The summed E-state index contributed by atoms with van der Waals surface area (Å²) in [7, 11) is 0. The van der Waals surface area contributed by atoms with Gasteiger partial charge in [-0.05, 0) is 178 Å². The van der Waals surface area contributed by atoms with Gasteiger partial charge in [0.1, 0.15) is 0 Å². The second-order valence-electron chi connectivity index (χ2n) is 27.3. The summed E-state index contributed by atoms with van der Waals surface area (Å²) in [6.45, 7) is 0. The maximum atomic E-state index is 15.8. The third-order valence-electron chi connectivity index (χ3n) is 22.0. The first-order valence-corrected chi connectivity index (χ1v) is 34.7. The van der Waals surface area contributed by atoms with Gasteiger partial charge in [-0.25, -0.2) is 9.80 Å². The molecular formula is C92H58N6O4. The summed E-state index contributed by atoms with van der Waals surface area (Å²) < 4.78 is 9.13. The zero-order valence-electron chi connectivity index (χ0n) is 54.8. The fourth-order valence-corrected chi connectivity index (χ4v) is 17.5. The molecule has 21 rings (SSSR count). The van der Waals surface area contributed by atoms with Gasteiger partial charge in [0.05, 0.1) is 79.2 Å². The summed E-state index contributed by atoms with van der Waals surface area (Å²) in [5.74, 6) is -6.19. The van der Waals surface area contributed by atoms with Crippen LogP contribution in [0.3, 0.4) is 0 Å². The molecule has 102 heavy (non-hydrogen) atoms. The fraction of sp³-hybridized carbons (Fsp3) is 0.0435. The van der Waals surface area contributed by atoms with Crippen LogP contribution in [-0.2, 0) is 19.2 Å². The molecule has 2 aliphatic heterocycles. The number of hydrogen-bond acceptors (Lipinski definition) is 4. The number of carbonyl (C=O) groups is 4. The first-order chi connectivity index (χ1) is 50.3. The monoisotopic (exact) mass is 1310 g/mol. The Morgan fingerprint density at radius 2 is 0.373 bits per heavy atom. The van der Waals surface area contributed by atoms with E-state index < -0.39 is 47.3 Å². The standard InChI is InChI=1S/C92H58N6O4/c99-89-85-86(90(100)97(89)67-47-59(55-37-41-73-69-29-13-17-33-77(69)93(81(73)51-55)63-21-5-1-6-22-63)45-60(48-67)56-38-42-74-70-30-14-18-34-78(70)94(82(74)52-56)64-23-7-2-8-24-64)88-87(85)91(101)98(92(88)102)68-49-61(57-39-43-75-71-31-15-19-35-79(71)95(83(75)53-57)65-25-9-3-10-26-65)46-62(50-68)58-40-44-76-72-32-16-20-36-80(72)96(84(76)54-58)66-27-11-4-12-28-66/h1-54,85-88H. The van der Waals surface area contributed by atoms with Gasteiger partial charge in [-0.2, -0.15) is 0 Å². The molecule has 18 aromatic rings. The van der Waals surface area contributed by atoms with E-state index in [1.54, 1.807) is 0 Å². The second kappa shape index (κ2) is 22.0. The number of anilines is 2. The zero-order valence-corrected chi connectivity index (χ0v) is 54.8. The van der Waals surface area contributed by atoms with Crippen molar-refractivity contribution in [3.05, 3.63) is 328 Å². The van der Waals surface area contributed by atoms with E-state index in [-0.39, 0.29) is 0 Å². The highest BCUT2D eigenvalue weighted by atomic mass is 16.2. The van der Waals surface area contributed by atoms with Crippen LogP contribution >= 0.6 is 0 Å². The quantitative estimate of drug-likeness (QED) is 0.128. The van der Waals surface area contributed by atoms with E-state index in [1.165, 1.54) is 9.80 Å². The number of aromatic nitrogens is 4. The summed E-state index contributed by atoms with van der Waals surface area (Å²) in [4.78, 5) is 65.6. The smallest absolute Gasteiger partial charge is 0.238 e. The molecule has 0 bridgehead atoms. The molecule has 4 amide bonds. The molecular weight excluding hydrogens is 1250 g/mol. The number of rotatable bonds is 10. The van der Waals surface area contributed by atoms with Crippen molar-refractivity contribution >= 4 is 122 Å². The van der Waals surface area contributed by atoms with E-state index in [0.29, 0.717) is 11.4 Å². The number of amides is 4. The largest absolute Gasteiger partial charge is 0.309 e. The highest BCUT2D eigenvalue weighted by molar-refractivity contribution is 6.33. The van der Waals surface area contributed by atoms with Crippen LogP contribution in [0.5, 0.6) is 0 Å². The summed E-state index contributed by atoms with van der Waals surface area (Å²) >= 11 is 0. The van der Waals surface area contributed by atoms with Gasteiger partial charge in [-0.1, -0.05) is 194 Å². The Labute approximate surface area is 584 Å². The summed E-state index contributed by atoms with van der Waals surface area (Å²) in [6, 6.07) is 113. The molecule has 1 aliphatic carbocycles. The Kier molecular flexibility index (Phi) is 12.4. The third kappa shape index (κ3) is 8.41. The maximum Gasteiger partial charge on any atom is 0.238 e. The van der Waals surface area contributed by atoms with Gasteiger partial charge in [0.25, 0.3) is 0 Å². The predicted molar refractivity (Wildman–Crippen MR) is 411 cm³/mol. The third-order valence-corrected chi connectivity index (χ3v) is 22.0. The highest BCUT2D eigenvalue weighted by Gasteiger charge is 2.73. The molecule has 0 N–H and O–H groups in total. The Bertz CT molecular complexity index is 5840. The molecule has 6 heterocycles. The molecule has 480 valence electrons. The lowest BCUT2D eigenvalue weighted by molar-refractivity contribution is -0.146. The van der Waals surface area contributed by atoms with E-state index >= 15 is 19.2 Å². The van der Waals surface area contributed by atoms with Crippen LogP contribution in [0.15, 0.2) is 328 Å². The number of benzene rings is 14. The molecule has 14 aromatic carbocycles. The number of fused-ring (bicyclic) bond motifs is 16.